The summed E-state index contributed by atoms with van der Waals surface area (Å²) in [7, 11) is 0. The maximum absolute atomic E-state index is 11.7. The Hall–Kier alpha value is -0.920. The van der Waals surface area contributed by atoms with E-state index in [2.05, 4.69) is 66.3 Å². The first-order chi connectivity index (χ1) is 15.0. The lowest BCUT2D eigenvalue weighted by atomic mass is 9.72. The third-order valence-corrected chi connectivity index (χ3v) is 7.85. The van der Waals surface area contributed by atoms with Gasteiger partial charge in [-0.1, -0.05) is 49.6 Å². The highest BCUT2D eigenvalue weighted by molar-refractivity contribution is 9.11. The SMILES string of the molecule is OC1(C(CN2CCNCC2)c2cc(Br)c(OCc3ccccc3)c(Br)c2)CCCCC1. The molecule has 6 heteroatoms. The lowest BCUT2D eigenvalue weighted by Gasteiger charge is -2.42. The highest BCUT2D eigenvalue weighted by Gasteiger charge is 2.40. The van der Waals surface area contributed by atoms with Crippen molar-refractivity contribution in [1.29, 1.82) is 0 Å². The summed E-state index contributed by atoms with van der Waals surface area (Å²) in [6.07, 6.45) is 5.20. The fourth-order valence-electron chi connectivity index (χ4n) is 4.90. The number of piperazine rings is 1. The van der Waals surface area contributed by atoms with Gasteiger partial charge in [-0.2, -0.15) is 0 Å². The second-order valence-corrected chi connectivity index (χ2v) is 10.6. The molecule has 1 unspecified atom stereocenters. The van der Waals surface area contributed by atoms with Gasteiger partial charge >= 0.3 is 0 Å². The Kier molecular flexibility index (Phi) is 8.10. The fourth-order valence-corrected chi connectivity index (χ4v) is 6.35. The standard InChI is InChI=1S/C25H32Br2N2O2/c26-22-15-20(16-23(27)24(22)31-18-19-7-3-1-4-8-19)21(17-29-13-11-28-12-14-29)25(30)9-5-2-6-10-25/h1,3-4,7-8,15-16,21,28,30H,2,5-6,9-14,17-18H2. The predicted octanol–water partition coefficient (Wildman–Crippen LogP) is 5.47. The largest absolute Gasteiger partial charge is 0.487 e. The average molecular weight is 552 g/mol. The molecule has 4 nitrogen and oxygen atoms in total. The second-order valence-electron chi connectivity index (χ2n) is 8.86. The summed E-state index contributed by atoms with van der Waals surface area (Å²) in [6.45, 7) is 5.52. The lowest BCUT2D eigenvalue weighted by molar-refractivity contribution is -0.0317. The van der Waals surface area contributed by atoms with Crippen molar-refractivity contribution in [3.63, 3.8) is 0 Å². The minimum Gasteiger partial charge on any atom is -0.487 e. The molecule has 2 fully saturated rings. The third kappa shape index (κ3) is 5.91. The molecule has 1 heterocycles. The molecule has 1 saturated carbocycles. The van der Waals surface area contributed by atoms with Gasteiger partial charge in [0.15, 0.2) is 0 Å². The number of rotatable bonds is 7. The monoisotopic (exact) mass is 550 g/mol. The van der Waals surface area contributed by atoms with Crippen LogP contribution in [0.3, 0.4) is 0 Å². The van der Waals surface area contributed by atoms with E-state index < -0.39 is 5.60 Å². The van der Waals surface area contributed by atoms with E-state index in [1.165, 1.54) is 12.0 Å². The van der Waals surface area contributed by atoms with Crippen molar-refractivity contribution in [3.05, 3.63) is 62.5 Å². The van der Waals surface area contributed by atoms with Crippen LogP contribution in [0.25, 0.3) is 0 Å². The van der Waals surface area contributed by atoms with E-state index in [9.17, 15) is 5.11 Å². The molecule has 1 aliphatic carbocycles. The number of nitrogens with one attached hydrogen (secondary N) is 1. The molecule has 168 valence electrons. The Morgan fingerprint density at radius 3 is 2.29 bits per heavy atom. The summed E-state index contributed by atoms with van der Waals surface area (Å²) in [5.41, 5.74) is 1.67. The van der Waals surface area contributed by atoms with E-state index in [-0.39, 0.29) is 5.92 Å². The Balaban J connectivity index is 1.58. The van der Waals surface area contributed by atoms with E-state index in [1.54, 1.807) is 0 Å². The molecule has 0 spiro atoms. The van der Waals surface area contributed by atoms with Crippen molar-refractivity contribution in [3.8, 4) is 5.75 Å². The van der Waals surface area contributed by atoms with Crippen molar-refractivity contribution >= 4 is 31.9 Å². The molecule has 1 saturated heterocycles. The van der Waals surface area contributed by atoms with Crippen molar-refractivity contribution in [2.45, 2.75) is 50.2 Å². The van der Waals surface area contributed by atoms with Gasteiger partial charge in [-0.15, -0.1) is 0 Å². The average Bonchev–Trinajstić information content (AvgIpc) is 2.78. The Bertz CT molecular complexity index is 827. The summed E-state index contributed by atoms with van der Waals surface area (Å²) < 4.78 is 7.99. The molecular weight excluding hydrogens is 520 g/mol. The highest BCUT2D eigenvalue weighted by Crippen LogP contribution is 2.44. The molecule has 4 rings (SSSR count). The molecule has 31 heavy (non-hydrogen) atoms. The first kappa shape index (κ1) is 23.2. The van der Waals surface area contributed by atoms with Crippen LogP contribution in [0, 0.1) is 0 Å². The maximum Gasteiger partial charge on any atom is 0.148 e. The van der Waals surface area contributed by atoms with E-state index in [0.717, 1.165) is 78.7 Å². The van der Waals surface area contributed by atoms with E-state index in [4.69, 9.17) is 4.74 Å². The summed E-state index contributed by atoms with van der Waals surface area (Å²) in [6, 6.07) is 14.5. The van der Waals surface area contributed by atoms with Gasteiger partial charge in [0.2, 0.25) is 0 Å². The van der Waals surface area contributed by atoms with Gasteiger partial charge in [-0.25, -0.2) is 0 Å². The molecular formula is C25H32Br2N2O2. The summed E-state index contributed by atoms with van der Waals surface area (Å²) in [5.74, 6) is 0.894. The Morgan fingerprint density at radius 2 is 1.65 bits per heavy atom. The maximum atomic E-state index is 11.7. The van der Waals surface area contributed by atoms with Gasteiger partial charge in [0.1, 0.15) is 12.4 Å². The van der Waals surface area contributed by atoms with Crippen LogP contribution < -0.4 is 10.1 Å². The van der Waals surface area contributed by atoms with Crippen LogP contribution >= 0.6 is 31.9 Å². The number of nitrogens with zero attached hydrogens (tertiary/aromatic N) is 1. The summed E-state index contributed by atoms with van der Waals surface area (Å²) in [4.78, 5) is 2.50. The van der Waals surface area contributed by atoms with E-state index >= 15 is 0 Å². The van der Waals surface area contributed by atoms with Crippen molar-refractivity contribution < 1.29 is 9.84 Å². The minimum atomic E-state index is -0.644. The quantitative estimate of drug-likeness (QED) is 0.478. The van der Waals surface area contributed by atoms with Crippen LogP contribution in [-0.4, -0.2) is 48.3 Å². The summed E-state index contributed by atoms with van der Waals surface area (Å²) in [5, 5.41) is 15.1. The zero-order valence-electron chi connectivity index (χ0n) is 18.0. The highest BCUT2D eigenvalue weighted by atomic mass is 79.9. The van der Waals surface area contributed by atoms with E-state index in [0.29, 0.717) is 6.61 Å². The van der Waals surface area contributed by atoms with Gasteiger partial charge in [0.05, 0.1) is 14.5 Å². The fraction of sp³-hybridized carbons (Fsp3) is 0.520. The number of ether oxygens (including phenoxy) is 1. The van der Waals surface area contributed by atoms with Crippen LogP contribution in [0.2, 0.25) is 0 Å². The predicted molar refractivity (Wildman–Crippen MR) is 133 cm³/mol. The number of hydrogen-bond donors (Lipinski definition) is 2. The lowest BCUT2D eigenvalue weighted by Crippen LogP contribution is -2.49. The van der Waals surface area contributed by atoms with Gasteiger partial charge in [-0.05, 0) is 68.0 Å². The van der Waals surface area contributed by atoms with Gasteiger partial charge < -0.3 is 20.1 Å². The Labute approximate surface area is 202 Å². The van der Waals surface area contributed by atoms with Crippen molar-refractivity contribution in [2.75, 3.05) is 32.7 Å². The number of aliphatic hydroxyl groups is 1. The molecule has 2 aliphatic rings. The van der Waals surface area contributed by atoms with Gasteiger partial charge in [0.25, 0.3) is 0 Å². The van der Waals surface area contributed by atoms with Crippen LogP contribution in [0.4, 0.5) is 0 Å². The Morgan fingerprint density at radius 1 is 1.00 bits per heavy atom. The smallest absolute Gasteiger partial charge is 0.148 e. The number of halogens is 2. The van der Waals surface area contributed by atoms with Crippen LogP contribution in [0.1, 0.15) is 49.1 Å². The first-order valence-corrected chi connectivity index (χ1v) is 12.9. The molecule has 0 bridgehead atoms. The molecule has 2 aromatic rings. The summed E-state index contributed by atoms with van der Waals surface area (Å²) >= 11 is 7.49. The van der Waals surface area contributed by atoms with Crippen LogP contribution in [-0.2, 0) is 6.61 Å². The molecule has 0 radical (unpaired) electrons. The van der Waals surface area contributed by atoms with Gasteiger partial charge in [0, 0.05) is 38.6 Å². The number of hydrogen-bond acceptors (Lipinski definition) is 4. The molecule has 2 N–H and O–H groups in total. The molecule has 0 amide bonds. The van der Waals surface area contributed by atoms with Crippen molar-refractivity contribution in [2.24, 2.45) is 0 Å². The topological polar surface area (TPSA) is 44.7 Å². The van der Waals surface area contributed by atoms with E-state index in [1.807, 2.05) is 18.2 Å². The number of benzene rings is 2. The third-order valence-electron chi connectivity index (χ3n) is 6.67. The molecule has 1 atom stereocenters. The normalized spacial score (nSPS) is 20.4. The second kappa shape index (κ2) is 10.8. The van der Waals surface area contributed by atoms with Gasteiger partial charge in [-0.3, -0.25) is 0 Å². The van der Waals surface area contributed by atoms with Crippen LogP contribution in [0.5, 0.6) is 5.75 Å². The van der Waals surface area contributed by atoms with Crippen LogP contribution in [0.15, 0.2) is 51.4 Å². The zero-order chi connectivity index (χ0) is 21.7. The molecule has 1 aliphatic heterocycles. The first-order valence-electron chi connectivity index (χ1n) is 11.4. The molecule has 0 aromatic heterocycles. The zero-order valence-corrected chi connectivity index (χ0v) is 21.1. The van der Waals surface area contributed by atoms with Crippen molar-refractivity contribution in [1.82, 2.24) is 10.2 Å². The minimum absolute atomic E-state index is 0.0849. The molecule has 2 aromatic carbocycles.